The van der Waals surface area contributed by atoms with Crippen molar-refractivity contribution in [2.45, 2.75) is 44.6 Å². The van der Waals surface area contributed by atoms with Gasteiger partial charge in [-0.2, -0.15) is 0 Å². The van der Waals surface area contributed by atoms with Crippen LogP contribution in [0.25, 0.3) is 0 Å². The van der Waals surface area contributed by atoms with Gasteiger partial charge in [-0.15, -0.1) is 0 Å². The molecule has 0 saturated heterocycles. The number of pyridine rings is 1. The molecule has 1 heterocycles. The van der Waals surface area contributed by atoms with Crippen LogP contribution in [-0.4, -0.2) is 24.0 Å². The molecule has 5 heteroatoms. The van der Waals surface area contributed by atoms with Gasteiger partial charge in [-0.3, -0.25) is 9.78 Å². The van der Waals surface area contributed by atoms with E-state index in [4.69, 9.17) is 4.74 Å². The molecule has 0 bridgehead atoms. The standard InChI is InChI=1S/C20H25N3O2/c1-25-18-10-6-9-16(13-18)22-17-11-12-21-19(14-17)20(24)23-15-7-4-2-3-5-8-15/h6,9-15H,2-5,7-8H2,1H3,(H,21,22)(H,23,24). The lowest BCUT2D eigenvalue weighted by molar-refractivity contribution is 0.0928. The fourth-order valence-corrected chi connectivity index (χ4v) is 3.18. The lowest BCUT2D eigenvalue weighted by atomic mass is 10.1. The number of hydrogen-bond acceptors (Lipinski definition) is 4. The largest absolute Gasteiger partial charge is 0.497 e. The number of carbonyl (C=O) groups is 1. The second kappa shape index (κ2) is 8.51. The number of rotatable bonds is 5. The van der Waals surface area contributed by atoms with Gasteiger partial charge in [-0.25, -0.2) is 0 Å². The van der Waals surface area contributed by atoms with E-state index in [1.54, 1.807) is 19.4 Å². The molecule has 1 fully saturated rings. The summed E-state index contributed by atoms with van der Waals surface area (Å²) >= 11 is 0. The second-order valence-electron chi connectivity index (χ2n) is 6.45. The predicted octanol–water partition coefficient (Wildman–Crippen LogP) is 4.29. The summed E-state index contributed by atoms with van der Waals surface area (Å²) in [6.45, 7) is 0. The third-order valence-corrected chi connectivity index (χ3v) is 4.54. The van der Waals surface area contributed by atoms with E-state index in [0.717, 1.165) is 30.0 Å². The third kappa shape index (κ3) is 4.95. The highest BCUT2D eigenvalue weighted by atomic mass is 16.5. The first-order valence-corrected chi connectivity index (χ1v) is 8.92. The van der Waals surface area contributed by atoms with Gasteiger partial charge in [0.1, 0.15) is 11.4 Å². The lowest BCUT2D eigenvalue weighted by Gasteiger charge is -2.16. The van der Waals surface area contributed by atoms with E-state index in [0.29, 0.717) is 5.69 Å². The summed E-state index contributed by atoms with van der Waals surface area (Å²) < 4.78 is 5.23. The van der Waals surface area contributed by atoms with Crippen LogP contribution in [0.3, 0.4) is 0 Å². The number of amides is 1. The maximum atomic E-state index is 12.5. The van der Waals surface area contributed by atoms with Crippen molar-refractivity contribution in [3.63, 3.8) is 0 Å². The summed E-state index contributed by atoms with van der Waals surface area (Å²) in [4.78, 5) is 16.7. The van der Waals surface area contributed by atoms with E-state index < -0.39 is 0 Å². The van der Waals surface area contributed by atoms with E-state index in [2.05, 4.69) is 15.6 Å². The number of benzene rings is 1. The third-order valence-electron chi connectivity index (χ3n) is 4.54. The van der Waals surface area contributed by atoms with Crippen LogP contribution in [0.1, 0.15) is 49.0 Å². The molecular weight excluding hydrogens is 314 g/mol. The molecule has 1 amide bonds. The van der Waals surface area contributed by atoms with E-state index >= 15 is 0 Å². The Labute approximate surface area is 148 Å². The number of nitrogens with zero attached hydrogens (tertiary/aromatic N) is 1. The smallest absolute Gasteiger partial charge is 0.270 e. The van der Waals surface area contributed by atoms with Crippen LogP contribution in [0.2, 0.25) is 0 Å². The molecule has 3 rings (SSSR count). The van der Waals surface area contributed by atoms with Crippen molar-refractivity contribution < 1.29 is 9.53 Å². The highest BCUT2D eigenvalue weighted by molar-refractivity contribution is 5.93. The Morgan fingerprint density at radius 2 is 1.84 bits per heavy atom. The second-order valence-corrected chi connectivity index (χ2v) is 6.45. The summed E-state index contributed by atoms with van der Waals surface area (Å²) in [7, 11) is 1.64. The maximum absolute atomic E-state index is 12.5. The first kappa shape index (κ1) is 17.3. The monoisotopic (exact) mass is 339 g/mol. The van der Waals surface area contributed by atoms with Crippen LogP contribution in [0.4, 0.5) is 11.4 Å². The zero-order valence-corrected chi connectivity index (χ0v) is 14.6. The van der Waals surface area contributed by atoms with Crippen LogP contribution >= 0.6 is 0 Å². The molecule has 2 aromatic rings. The maximum Gasteiger partial charge on any atom is 0.270 e. The van der Waals surface area contributed by atoms with Crippen molar-refractivity contribution in [2.75, 3.05) is 12.4 Å². The van der Waals surface area contributed by atoms with Gasteiger partial charge in [0.15, 0.2) is 0 Å². The fourth-order valence-electron chi connectivity index (χ4n) is 3.18. The molecule has 0 aliphatic heterocycles. The van der Waals surface area contributed by atoms with Gasteiger partial charge in [0, 0.05) is 29.7 Å². The Morgan fingerprint density at radius 3 is 2.60 bits per heavy atom. The fraction of sp³-hybridized carbons (Fsp3) is 0.400. The van der Waals surface area contributed by atoms with E-state index in [1.165, 1.54) is 25.7 Å². The van der Waals surface area contributed by atoms with Crippen LogP contribution in [0.15, 0.2) is 42.6 Å². The van der Waals surface area contributed by atoms with Gasteiger partial charge in [0.05, 0.1) is 7.11 Å². The summed E-state index contributed by atoms with van der Waals surface area (Å²) in [5.74, 6) is 0.687. The number of ether oxygens (including phenoxy) is 1. The molecule has 1 aliphatic carbocycles. The molecule has 1 aromatic carbocycles. The Balaban J connectivity index is 1.66. The number of carbonyl (C=O) groups excluding carboxylic acids is 1. The quantitative estimate of drug-likeness (QED) is 0.798. The van der Waals surface area contributed by atoms with Crippen LogP contribution < -0.4 is 15.4 Å². The summed E-state index contributed by atoms with van der Waals surface area (Å²) in [5.41, 5.74) is 2.17. The normalized spacial score (nSPS) is 15.2. The minimum Gasteiger partial charge on any atom is -0.497 e. The Kier molecular flexibility index (Phi) is 5.88. The van der Waals surface area contributed by atoms with Gasteiger partial charge in [0.2, 0.25) is 0 Å². The zero-order chi connectivity index (χ0) is 17.5. The number of methoxy groups -OCH3 is 1. The van der Waals surface area contributed by atoms with Crippen molar-refractivity contribution in [1.82, 2.24) is 10.3 Å². The first-order chi connectivity index (χ1) is 12.2. The summed E-state index contributed by atoms with van der Waals surface area (Å²) in [5, 5.41) is 6.42. The molecule has 1 aliphatic rings. The van der Waals surface area contributed by atoms with Gasteiger partial charge in [-0.1, -0.05) is 31.7 Å². The Hall–Kier alpha value is -2.56. The van der Waals surface area contributed by atoms with Crippen LogP contribution in [-0.2, 0) is 0 Å². The van der Waals surface area contributed by atoms with E-state index in [9.17, 15) is 4.79 Å². The van der Waals surface area contributed by atoms with Crippen molar-refractivity contribution in [3.05, 3.63) is 48.3 Å². The van der Waals surface area contributed by atoms with E-state index in [-0.39, 0.29) is 11.9 Å². The molecule has 1 saturated carbocycles. The van der Waals surface area contributed by atoms with Gasteiger partial charge in [-0.05, 0) is 37.1 Å². The average molecular weight is 339 g/mol. The van der Waals surface area contributed by atoms with Gasteiger partial charge < -0.3 is 15.4 Å². The summed E-state index contributed by atoms with van der Waals surface area (Å²) in [6, 6.07) is 11.6. The zero-order valence-electron chi connectivity index (χ0n) is 14.6. The molecule has 5 nitrogen and oxygen atoms in total. The Morgan fingerprint density at radius 1 is 1.08 bits per heavy atom. The number of anilines is 2. The lowest BCUT2D eigenvalue weighted by Crippen LogP contribution is -2.34. The molecule has 0 spiro atoms. The average Bonchev–Trinajstić information content (AvgIpc) is 2.91. The molecule has 0 atom stereocenters. The number of nitrogens with one attached hydrogen (secondary N) is 2. The number of aromatic nitrogens is 1. The van der Waals surface area contributed by atoms with Crippen LogP contribution in [0.5, 0.6) is 5.75 Å². The van der Waals surface area contributed by atoms with Crippen molar-refractivity contribution in [1.29, 1.82) is 0 Å². The topological polar surface area (TPSA) is 63.2 Å². The minimum atomic E-state index is -0.0961. The van der Waals surface area contributed by atoms with Crippen molar-refractivity contribution in [3.8, 4) is 5.75 Å². The minimum absolute atomic E-state index is 0.0961. The highest BCUT2D eigenvalue weighted by Crippen LogP contribution is 2.22. The van der Waals surface area contributed by atoms with E-state index in [1.807, 2.05) is 30.3 Å². The van der Waals surface area contributed by atoms with Gasteiger partial charge in [0.25, 0.3) is 5.91 Å². The van der Waals surface area contributed by atoms with Gasteiger partial charge >= 0.3 is 0 Å². The first-order valence-electron chi connectivity index (χ1n) is 8.92. The molecule has 0 radical (unpaired) electrons. The molecule has 132 valence electrons. The van der Waals surface area contributed by atoms with Crippen LogP contribution in [0, 0.1) is 0 Å². The molecule has 25 heavy (non-hydrogen) atoms. The molecule has 1 aromatic heterocycles. The van der Waals surface area contributed by atoms with Crippen molar-refractivity contribution >= 4 is 17.3 Å². The number of hydrogen-bond donors (Lipinski definition) is 2. The highest BCUT2D eigenvalue weighted by Gasteiger charge is 2.16. The molecule has 2 N–H and O–H groups in total. The Bertz CT molecular complexity index is 710. The predicted molar refractivity (Wildman–Crippen MR) is 99.5 cm³/mol. The van der Waals surface area contributed by atoms with Crippen molar-refractivity contribution in [2.24, 2.45) is 0 Å². The SMILES string of the molecule is COc1cccc(Nc2ccnc(C(=O)NC3CCCCCC3)c2)c1. The summed E-state index contributed by atoms with van der Waals surface area (Å²) in [6.07, 6.45) is 8.70. The molecule has 0 unspecified atom stereocenters. The molecular formula is C20H25N3O2.